The highest BCUT2D eigenvalue weighted by atomic mass is 32.2. The third-order valence-corrected chi connectivity index (χ3v) is 7.77. The van der Waals surface area contributed by atoms with Gasteiger partial charge in [-0.25, -0.2) is 12.8 Å². The van der Waals surface area contributed by atoms with E-state index in [0.717, 1.165) is 34.6 Å². The smallest absolute Gasteiger partial charge is 0.396 e. The Morgan fingerprint density at radius 1 is 1.08 bits per heavy atom. The van der Waals surface area contributed by atoms with Crippen LogP contribution in [0.5, 0.6) is 0 Å². The van der Waals surface area contributed by atoms with Gasteiger partial charge in [0.2, 0.25) is 0 Å². The van der Waals surface area contributed by atoms with Crippen molar-refractivity contribution in [3.63, 3.8) is 0 Å². The molecular weight excluding hydrogens is 533 g/mol. The van der Waals surface area contributed by atoms with Crippen molar-refractivity contribution < 1.29 is 49.1 Å². The fraction of sp³-hybridized carbons (Fsp3) is 0.435. The molecular formula is C23H23F7N2O4S. The van der Waals surface area contributed by atoms with E-state index < -0.39 is 45.4 Å². The lowest BCUT2D eigenvalue weighted by Gasteiger charge is -2.39. The second kappa shape index (κ2) is 10.1. The Morgan fingerprint density at radius 2 is 1.68 bits per heavy atom. The molecule has 0 aliphatic carbocycles. The summed E-state index contributed by atoms with van der Waals surface area (Å²) in [5.74, 6) is -0.711. The van der Waals surface area contributed by atoms with E-state index in [9.17, 15) is 44.3 Å². The van der Waals surface area contributed by atoms with Crippen LogP contribution in [-0.2, 0) is 26.9 Å². The minimum Gasteiger partial charge on any atom is -0.396 e. The maximum absolute atomic E-state index is 13.6. The van der Waals surface area contributed by atoms with Crippen LogP contribution in [0, 0.1) is 5.82 Å². The van der Waals surface area contributed by atoms with Crippen molar-refractivity contribution in [2.24, 2.45) is 5.16 Å². The number of alkyl halides is 6. The third-order valence-electron chi connectivity index (χ3n) is 5.88. The third kappa shape index (κ3) is 5.40. The molecule has 2 aromatic rings. The van der Waals surface area contributed by atoms with E-state index in [1.54, 1.807) is 13.8 Å². The molecule has 0 bridgehead atoms. The number of hydrogen-bond donors (Lipinski definition) is 1. The summed E-state index contributed by atoms with van der Waals surface area (Å²) in [6.07, 6.45) is -12.2. The van der Waals surface area contributed by atoms with Crippen molar-refractivity contribution in [3.8, 4) is 0 Å². The van der Waals surface area contributed by atoms with E-state index in [0.29, 0.717) is 17.8 Å². The molecule has 1 unspecified atom stereocenters. The van der Waals surface area contributed by atoms with Crippen molar-refractivity contribution >= 4 is 21.4 Å². The molecule has 0 saturated carbocycles. The minimum atomic E-state index is -6.09. The van der Waals surface area contributed by atoms with Crippen molar-refractivity contribution in [1.82, 2.24) is 0 Å². The number of aliphatic hydroxyl groups is 1. The Bertz CT molecular complexity index is 1250. The maximum Gasteiger partial charge on any atom is 0.430 e. The zero-order valence-corrected chi connectivity index (χ0v) is 20.4. The van der Waals surface area contributed by atoms with Crippen LogP contribution in [0.15, 0.2) is 52.5 Å². The number of benzene rings is 2. The van der Waals surface area contributed by atoms with E-state index in [1.165, 1.54) is 0 Å². The normalized spacial score (nSPS) is 17.5. The number of oxime groups is 1. The van der Waals surface area contributed by atoms with E-state index in [2.05, 4.69) is 5.16 Å². The Balaban J connectivity index is 2.18. The second-order valence-electron chi connectivity index (χ2n) is 8.45. The average Bonchev–Trinajstić information content (AvgIpc) is 2.80. The van der Waals surface area contributed by atoms with Crippen LogP contribution in [-0.4, -0.2) is 44.2 Å². The lowest BCUT2D eigenvalue weighted by atomic mass is 9.87. The molecule has 1 aliphatic rings. The second-order valence-corrected chi connectivity index (χ2v) is 10.3. The molecule has 0 radical (unpaired) electrons. The quantitative estimate of drug-likeness (QED) is 0.280. The van der Waals surface area contributed by atoms with Crippen LogP contribution in [0.3, 0.4) is 0 Å². The number of fused-ring (bicyclic) bond motifs is 1. The minimum absolute atomic E-state index is 0.00628. The van der Waals surface area contributed by atoms with Gasteiger partial charge in [-0.3, -0.25) is 4.31 Å². The Kier molecular flexibility index (Phi) is 7.85. The van der Waals surface area contributed by atoms with Crippen LogP contribution in [0.2, 0.25) is 0 Å². The van der Waals surface area contributed by atoms with Gasteiger partial charge in [0.15, 0.2) is 0 Å². The largest absolute Gasteiger partial charge is 0.430 e. The fourth-order valence-electron chi connectivity index (χ4n) is 4.13. The van der Waals surface area contributed by atoms with Crippen molar-refractivity contribution in [3.05, 3.63) is 59.4 Å². The van der Waals surface area contributed by atoms with Gasteiger partial charge < -0.3 is 9.94 Å². The van der Waals surface area contributed by atoms with Gasteiger partial charge >= 0.3 is 12.4 Å². The summed E-state index contributed by atoms with van der Waals surface area (Å²) in [7, 11) is -4.45. The molecule has 204 valence electrons. The number of sulfonamides is 1. The van der Waals surface area contributed by atoms with Gasteiger partial charge in [0.05, 0.1) is 22.3 Å². The van der Waals surface area contributed by atoms with E-state index in [4.69, 9.17) is 4.84 Å². The van der Waals surface area contributed by atoms with E-state index in [1.807, 2.05) is 0 Å². The van der Waals surface area contributed by atoms with Crippen LogP contribution in [0.4, 0.5) is 36.4 Å². The summed E-state index contributed by atoms with van der Waals surface area (Å²) >= 11 is 0. The molecule has 6 nitrogen and oxygen atoms in total. The highest BCUT2D eigenvalue weighted by Crippen LogP contribution is 2.51. The van der Waals surface area contributed by atoms with Gasteiger partial charge in [-0.2, -0.15) is 26.3 Å². The van der Waals surface area contributed by atoms with Crippen LogP contribution in [0.25, 0.3) is 0 Å². The first-order chi connectivity index (χ1) is 17.0. The lowest BCUT2D eigenvalue weighted by Crippen LogP contribution is -2.54. The fourth-order valence-corrected chi connectivity index (χ4v) is 5.85. The predicted octanol–water partition coefficient (Wildman–Crippen LogP) is 5.45. The zero-order chi connectivity index (χ0) is 27.8. The van der Waals surface area contributed by atoms with E-state index in [-0.39, 0.29) is 42.0 Å². The Labute approximate surface area is 208 Å². The molecule has 37 heavy (non-hydrogen) atoms. The molecule has 1 heterocycles. The molecule has 14 heteroatoms. The number of hydrogen-bond acceptors (Lipinski definition) is 5. The van der Waals surface area contributed by atoms with Gasteiger partial charge in [-0.15, -0.1) is 0 Å². The zero-order valence-electron chi connectivity index (χ0n) is 19.6. The topological polar surface area (TPSA) is 79.2 Å². The van der Waals surface area contributed by atoms with Crippen molar-refractivity contribution in [1.29, 1.82) is 0 Å². The van der Waals surface area contributed by atoms with Gasteiger partial charge in [0.1, 0.15) is 12.4 Å². The summed E-state index contributed by atoms with van der Waals surface area (Å²) in [5.41, 5.74) is -6.56. The maximum atomic E-state index is 13.6. The molecule has 0 saturated heterocycles. The van der Waals surface area contributed by atoms with Crippen LogP contribution < -0.4 is 4.31 Å². The van der Waals surface area contributed by atoms with Crippen LogP contribution in [0.1, 0.15) is 37.8 Å². The van der Waals surface area contributed by atoms with Gasteiger partial charge in [0, 0.05) is 12.0 Å². The SMILES string of the molecule is CCON=C(C)CC1CCc2cc(C(O)(C(F)(F)F)C(F)(F)F)ccc2N1S(=O)(=O)c1ccc(F)cc1. The predicted molar refractivity (Wildman–Crippen MR) is 120 cm³/mol. The van der Waals surface area contributed by atoms with Gasteiger partial charge in [-0.05, 0) is 62.6 Å². The monoisotopic (exact) mass is 556 g/mol. The Morgan fingerprint density at radius 3 is 2.22 bits per heavy atom. The molecule has 1 aliphatic heterocycles. The summed E-state index contributed by atoms with van der Waals surface area (Å²) in [5, 5.41) is 13.6. The Hall–Kier alpha value is -2.87. The molecule has 0 aromatic heterocycles. The number of anilines is 1. The van der Waals surface area contributed by atoms with Gasteiger partial charge in [0.25, 0.3) is 15.6 Å². The molecule has 0 fully saturated rings. The summed E-state index contributed by atoms with van der Waals surface area (Å²) in [4.78, 5) is 4.64. The molecule has 0 amide bonds. The molecule has 3 rings (SSSR count). The average molecular weight is 557 g/mol. The van der Waals surface area contributed by atoms with Gasteiger partial charge in [-0.1, -0.05) is 17.3 Å². The molecule has 1 atom stereocenters. The number of aryl methyl sites for hydroxylation is 1. The summed E-state index contributed by atoms with van der Waals surface area (Å²) in [6.45, 7) is 3.50. The van der Waals surface area contributed by atoms with Crippen molar-refractivity contribution in [2.45, 2.75) is 62.0 Å². The lowest BCUT2D eigenvalue weighted by molar-refractivity contribution is -0.376. The van der Waals surface area contributed by atoms with Crippen molar-refractivity contribution in [2.75, 3.05) is 10.9 Å². The summed E-state index contributed by atoms with van der Waals surface area (Å²) in [6, 6.07) is 4.69. The number of nitrogens with zero attached hydrogens (tertiary/aromatic N) is 2. The first kappa shape index (κ1) is 28.7. The number of rotatable bonds is 7. The molecule has 2 aromatic carbocycles. The summed E-state index contributed by atoms with van der Waals surface area (Å²) < 4.78 is 122. The van der Waals surface area contributed by atoms with Crippen LogP contribution >= 0.6 is 0 Å². The first-order valence-corrected chi connectivity index (χ1v) is 12.4. The standard InChI is InChI=1S/C23H23F7N2O4S/c1-3-36-31-14(2)12-18-8-4-15-13-16(21(33,22(25,26)27)23(28,29)30)5-11-20(15)32(18)37(34,35)19-9-6-17(24)7-10-19/h5-7,9-11,13,18,33H,3-4,8,12H2,1-2H3. The highest BCUT2D eigenvalue weighted by molar-refractivity contribution is 7.92. The molecule has 1 N–H and O–H groups in total. The first-order valence-electron chi connectivity index (χ1n) is 11.0. The van der Waals surface area contributed by atoms with E-state index >= 15 is 0 Å². The number of halogens is 7. The molecule has 0 spiro atoms. The highest BCUT2D eigenvalue weighted by Gasteiger charge is 2.71.